The predicted molar refractivity (Wildman–Crippen MR) is 93.2 cm³/mol. The number of nitrogen functional groups attached to an aromatic ring is 1. The molecule has 0 bridgehead atoms. The molecule has 1 heterocycles. The van der Waals surface area contributed by atoms with Crippen molar-refractivity contribution in [3.8, 4) is 17.1 Å². The van der Waals surface area contributed by atoms with Crippen LogP contribution in [0.15, 0.2) is 53.7 Å². The molecule has 1 aromatic heterocycles. The first-order chi connectivity index (χ1) is 11.2. The lowest BCUT2D eigenvalue weighted by Crippen LogP contribution is -2.11. The molecule has 7 heteroatoms. The van der Waals surface area contributed by atoms with Crippen LogP contribution in [0.4, 0.5) is 0 Å². The summed E-state index contributed by atoms with van der Waals surface area (Å²) < 4.78 is 6.63. The number of methoxy groups -OCH3 is 1. The van der Waals surface area contributed by atoms with Crippen LogP contribution in [-0.4, -0.2) is 22.0 Å². The number of nitrogens with zero attached hydrogens (tertiary/aromatic N) is 3. The summed E-state index contributed by atoms with van der Waals surface area (Å²) in [4.78, 5) is 0. The van der Waals surface area contributed by atoms with Gasteiger partial charge < -0.3 is 10.6 Å². The van der Waals surface area contributed by atoms with Crippen LogP contribution < -0.4 is 10.6 Å². The van der Waals surface area contributed by atoms with Crippen molar-refractivity contribution in [1.29, 1.82) is 0 Å². The van der Waals surface area contributed by atoms with Gasteiger partial charge in [0, 0.05) is 16.3 Å². The summed E-state index contributed by atoms with van der Waals surface area (Å²) >= 11 is 7.53. The van der Waals surface area contributed by atoms with Crippen LogP contribution in [0.1, 0.15) is 5.56 Å². The number of rotatable bonds is 5. The lowest BCUT2D eigenvalue weighted by molar-refractivity contribution is 0.414. The summed E-state index contributed by atoms with van der Waals surface area (Å²) in [5, 5.41) is 9.59. The smallest absolute Gasteiger partial charge is 0.210 e. The van der Waals surface area contributed by atoms with E-state index in [1.165, 1.54) is 16.4 Å². The highest BCUT2D eigenvalue weighted by molar-refractivity contribution is 7.98. The molecule has 2 N–H and O–H groups in total. The second kappa shape index (κ2) is 6.93. The quantitative estimate of drug-likeness (QED) is 0.564. The topological polar surface area (TPSA) is 66.0 Å². The minimum atomic E-state index is 0.588. The molecule has 0 saturated heterocycles. The summed E-state index contributed by atoms with van der Waals surface area (Å²) in [6, 6.07) is 15.3. The van der Waals surface area contributed by atoms with Crippen LogP contribution in [-0.2, 0) is 5.75 Å². The zero-order chi connectivity index (χ0) is 16.2. The molecule has 0 radical (unpaired) electrons. The fourth-order valence-electron chi connectivity index (χ4n) is 2.07. The zero-order valence-electron chi connectivity index (χ0n) is 12.4. The van der Waals surface area contributed by atoms with Crippen LogP contribution in [0, 0.1) is 0 Å². The van der Waals surface area contributed by atoms with Gasteiger partial charge in [-0.25, -0.2) is 4.68 Å². The maximum Gasteiger partial charge on any atom is 0.210 e. The van der Waals surface area contributed by atoms with E-state index in [9.17, 15) is 0 Å². The Balaban J connectivity index is 1.74. The van der Waals surface area contributed by atoms with Gasteiger partial charge in [0.2, 0.25) is 5.16 Å². The van der Waals surface area contributed by atoms with Crippen LogP contribution >= 0.6 is 23.4 Å². The first kappa shape index (κ1) is 15.7. The molecular formula is C16H15ClN4OS. The van der Waals surface area contributed by atoms with Crippen molar-refractivity contribution in [2.24, 2.45) is 0 Å². The molecule has 2 aromatic carbocycles. The number of thioether (sulfide) groups is 1. The Labute approximate surface area is 143 Å². The van der Waals surface area contributed by atoms with Crippen molar-refractivity contribution in [2.75, 3.05) is 13.0 Å². The number of hydrogen-bond acceptors (Lipinski definition) is 5. The molecule has 0 aliphatic heterocycles. The monoisotopic (exact) mass is 346 g/mol. The summed E-state index contributed by atoms with van der Waals surface area (Å²) in [5.41, 5.74) is 1.99. The third-order valence-corrected chi connectivity index (χ3v) is 4.52. The normalized spacial score (nSPS) is 10.7. The fraction of sp³-hybridized carbons (Fsp3) is 0.125. The van der Waals surface area contributed by atoms with Crippen molar-refractivity contribution >= 4 is 23.4 Å². The number of nitrogens with two attached hydrogens (primary N) is 1. The van der Waals surface area contributed by atoms with E-state index >= 15 is 0 Å². The minimum absolute atomic E-state index is 0.588. The van der Waals surface area contributed by atoms with Gasteiger partial charge in [-0.1, -0.05) is 47.6 Å². The Bertz CT molecular complexity index is 804. The number of hydrogen-bond donors (Lipinski definition) is 1. The van der Waals surface area contributed by atoms with Gasteiger partial charge in [0.05, 0.1) is 7.11 Å². The molecule has 0 saturated carbocycles. The van der Waals surface area contributed by atoms with Gasteiger partial charge in [0.15, 0.2) is 5.82 Å². The van der Waals surface area contributed by atoms with Crippen LogP contribution in [0.2, 0.25) is 5.02 Å². The molecule has 0 fully saturated rings. The van der Waals surface area contributed by atoms with Gasteiger partial charge in [-0.2, -0.15) is 0 Å². The highest BCUT2D eigenvalue weighted by atomic mass is 35.5. The van der Waals surface area contributed by atoms with Crippen LogP contribution in [0.5, 0.6) is 5.75 Å². The van der Waals surface area contributed by atoms with E-state index in [0.29, 0.717) is 16.0 Å². The van der Waals surface area contributed by atoms with Crippen molar-refractivity contribution in [2.45, 2.75) is 10.9 Å². The SMILES string of the molecule is COc1ccc(CSc2nnc(-c3cccc(Cl)c3)n2N)cc1. The molecule has 23 heavy (non-hydrogen) atoms. The molecular weight excluding hydrogens is 332 g/mol. The lowest BCUT2D eigenvalue weighted by atomic mass is 10.2. The summed E-state index contributed by atoms with van der Waals surface area (Å²) in [6.07, 6.45) is 0. The Morgan fingerprint density at radius 1 is 1.17 bits per heavy atom. The van der Waals surface area contributed by atoms with E-state index in [-0.39, 0.29) is 0 Å². The van der Waals surface area contributed by atoms with E-state index in [4.69, 9.17) is 22.2 Å². The summed E-state index contributed by atoms with van der Waals surface area (Å²) in [5.74, 6) is 8.27. The molecule has 0 aliphatic rings. The Morgan fingerprint density at radius 3 is 2.65 bits per heavy atom. The van der Waals surface area contributed by atoms with Gasteiger partial charge in [-0.15, -0.1) is 10.2 Å². The number of ether oxygens (including phenoxy) is 1. The number of aromatic nitrogens is 3. The van der Waals surface area contributed by atoms with E-state index < -0.39 is 0 Å². The van der Waals surface area contributed by atoms with E-state index in [0.717, 1.165) is 22.6 Å². The number of benzene rings is 2. The molecule has 3 aromatic rings. The minimum Gasteiger partial charge on any atom is -0.497 e. The first-order valence-corrected chi connectivity index (χ1v) is 8.26. The second-order valence-electron chi connectivity index (χ2n) is 4.82. The Kier molecular flexibility index (Phi) is 4.73. The Hall–Kier alpha value is -2.18. The standard InChI is InChI=1S/C16H15ClN4OS/c1-22-14-7-5-11(6-8-14)10-23-16-20-19-15(21(16)18)12-3-2-4-13(17)9-12/h2-9H,10,18H2,1H3. The van der Waals surface area contributed by atoms with Gasteiger partial charge in [-0.05, 0) is 29.8 Å². The molecule has 3 rings (SSSR count). The molecule has 0 amide bonds. The van der Waals surface area contributed by atoms with Crippen molar-refractivity contribution in [3.05, 3.63) is 59.1 Å². The average molecular weight is 347 g/mol. The van der Waals surface area contributed by atoms with Crippen molar-refractivity contribution in [1.82, 2.24) is 14.9 Å². The lowest BCUT2D eigenvalue weighted by Gasteiger charge is -2.05. The van der Waals surface area contributed by atoms with Gasteiger partial charge >= 0.3 is 0 Å². The van der Waals surface area contributed by atoms with E-state index in [1.54, 1.807) is 7.11 Å². The first-order valence-electron chi connectivity index (χ1n) is 6.89. The summed E-state index contributed by atoms with van der Waals surface area (Å²) in [6.45, 7) is 0. The molecule has 0 unspecified atom stereocenters. The van der Waals surface area contributed by atoms with E-state index in [2.05, 4.69) is 10.2 Å². The van der Waals surface area contributed by atoms with Gasteiger partial charge in [0.25, 0.3) is 0 Å². The molecule has 0 spiro atoms. The van der Waals surface area contributed by atoms with Crippen LogP contribution in [0.25, 0.3) is 11.4 Å². The fourth-order valence-corrected chi connectivity index (χ4v) is 3.07. The molecule has 118 valence electrons. The third kappa shape index (κ3) is 3.60. The van der Waals surface area contributed by atoms with Crippen molar-refractivity contribution < 1.29 is 4.74 Å². The van der Waals surface area contributed by atoms with Crippen LogP contribution in [0.3, 0.4) is 0 Å². The Morgan fingerprint density at radius 2 is 1.96 bits per heavy atom. The molecule has 5 nitrogen and oxygen atoms in total. The maximum absolute atomic E-state index is 6.10. The van der Waals surface area contributed by atoms with Gasteiger partial charge in [-0.3, -0.25) is 0 Å². The predicted octanol–water partition coefficient (Wildman–Crippen LogP) is 3.61. The second-order valence-corrected chi connectivity index (χ2v) is 6.20. The zero-order valence-corrected chi connectivity index (χ0v) is 14.0. The van der Waals surface area contributed by atoms with E-state index in [1.807, 2.05) is 48.5 Å². The highest BCUT2D eigenvalue weighted by Crippen LogP contribution is 2.26. The molecule has 0 aliphatic carbocycles. The van der Waals surface area contributed by atoms with Crippen molar-refractivity contribution in [3.63, 3.8) is 0 Å². The largest absolute Gasteiger partial charge is 0.497 e. The van der Waals surface area contributed by atoms with Gasteiger partial charge in [0.1, 0.15) is 5.75 Å². The number of halogens is 1. The maximum atomic E-state index is 6.10. The molecule has 0 atom stereocenters. The highest BCUT2D eigenvalue weighted by Gasteiger charge is 2.12. The summed E-state index contributed by atoms with van der Waals surface area (Å²) in [7, 11) is 1.65. The average Bonchev–Trinajstić information content (AvgIpc) is 2.94. The third-order valence-electron chi connectivity index (χ3n) is 3.27.